The highest BCUT2D eigenvalue weighted by Gasteiger charge is 2.24. The smallest absolute Gasteiger partial charge is 0.164 e. The highest BCUT2D eigenvalue weighted by atomic mass is 32.1. The number of fused-ring (bicyclic) bond motifs is 6. The lowest BCUT2D eigenvalue weighted by Gasteiger charge is -2.21. The number of benzene rings is 10. The first-order chi connectivity index (χ1) is 33.7. The normalized spacial score (nSPS) is 11.5. The van der Waals surface area contributed by atoms with Crippen molar-refractivity contribution in [2.45, 2.75) is 0 Å². The lowest BCUT2D eigenvalue weighted by molar-refractivity contribution is 1.07. The summed E-state index contributed by atoms with van der Waals surface area (Å²) >= 11 is 1.86. The number of hydrogen-bond donors (Lipinski definition) is 0. The molecule has 0 amide bonds. The largest absolute Gasteiger partial charge is 0.308 e. The fourth-order valence-corrected chi connectivity index (χ4v) is 10.9. The molecule has 0 unspecified atom stereocenters. The molecule has 0 N–H and O–H groups in total. The number of rotatable bonds is 8. The summed E-state index contributed by atoms with van der Waals surface area (Å²) in [4.78, 5) is 15.9. The minimum absolute atomic E-state index is 0.596. The van der Waals surface area contributed by atoms with Gasteiger partial charge >= 0.3 is 0 Å². The minimum Gasteiger partial charge on any atom is -0.308 e. The van der Waals surface area contributed by atoms with Gasteiger partial charge in [-0.15, -0.1) is 11.3 Å². The molecule has 3 aromatic heterocycles. The van der Waals surface area contributed by atoms with Crippen molar-refractivity contribution >= 4 is 53.3 Å². The molecule has 0 aliphatic rings. The maximum atomic E-state index is 5.36. The summed E-state index contributed by atoms with van der Waals surface area (Å²) in [7, 11) is 0. The summed E-state index contributed by atoms with van der Waals surface area (Å²) in [5.41, 5.74) is 15.0. The van der Waals surface area contributed by atoms with Crippen LogP contribution >= 0.6 is 11.3 Å². The van der Waals surface area contributed by atoms with Crippen LogP contribution in [-0.2, 0) is 0 Å². The van der Waals surface area contributed by atoms with Crippen molar-refractivity contribution in [2.24, 2.45) is 0 Å². The van der Waals surface area contributed by atoms with E-state index < -0.39 is 0 Å². The second-order valence-electron chi connectivity index (χ2n) is 17.2. The molecule has 3 heterocycles. The van der Waals surface area contributed by atoms with Gasteiger partial charge in [0.05, 0.1) is 16.7 Å². The Morgan fingerprint density at radius 1 is 0.265 bits per heavy atom. The topological polar surface area (TPSA) is 43.6 Å². The summed E-state index contributed by atoms with van der Waals surface area (Å²) < 4.78 is 5.08. The number of thiophene rings is 1. The summed E-state index contributed by atoms with van der Waals surface area (Å²) in [6.45, 7) is 0. The van der Waals surface area contributed by atoms with E-state index in [1.165, 1.54) is 30.9 Å². The van der Waals surface area contributed by atoms with E-state index >= 15 is 0 Å². The predicted molar refractivity (Wildman–Crippen MR) is 285 cm³/mol. The van der Waals surface area contributed by atoms with Crippen LogP contribution in [0.3, 0.4) is 0 Å². The summed E-state index contributed by atoms with van der Waals surface area (Å²) in [6.07, 6.45) is 0. The molecular formula is C63H40N4S. The predicted octanol–water partition coefficient (Wildman–Crippen LogP) is 17.0. The summed E-state index contributed by atoms with van der Waals surface area (Å²) in [5, 5.41) is 4.98. The Morgan fingerprint density at radius 2 is 0.676 bits per heavy atom. The molecular weight excluding hydrogens is 845 g/mol. The van der Waals surface area contributed by atoms with Gasteiger partial charge in [-0.25, -0.2) is 15.0 Å². The van der Waals surface area contributed by atoms with Gasteiger partial charge < -0.3 is 4.57 Å². The monoisotopic (exact) mass is 884 g/mol. The van der Waals surface area contributed by atoms with Crippen LogP contribution in [0.15, 0.2) is 243 Å². The molecule has 13 rings (SSSR count). The van der Waals surface area contributed by atoms with Crippen LogP contribution < -0.4 is 0 Å². The number of nitrogens with zero attached hydrogens (tertiary/aromatic N) is 4. The quantitative estimate of drug-likeness (QED) is 0.153. The molecule has 0 aliphatic heterocycles. The molecule has 318 valence electrons. The van der Waals surface area contributed by atoms with E-state index in [1.54, 1.807) is 0 Å². The first-order valence-corrected chi connectivity index (χ1v) is 23.7. The Bertz CT molecular complexity index is 3810. The second-order valence-corrected chi connectivity index (χ2v) is 18.2. The molecule has 4 nitrogen and oxygen atoms in total. The molecule has 68 heavy (non-hydrogen) atoms. The van der Waals surface area contributed by atoms with Crippen LogP contribution in [0.5, 0.6) is 0 Å². The molecule has 0 fully saturated rings. The van der Waals surface area contributed by atoms with Crippen molar-refractivity contribution in [3.8, 4) is 84.4 Å². The van der Waals surface area contributed by atoms with Crippen LogP contribution in [-0.4, -0.2) is 19.5 Å². The maximum absolute atomic E-state index is 5.36. The van der Waals surface area contributed by atoms with Gasteiger partial charge in [0, 0.05) is 58.8 Å². The van der Waals surface area contributed by atoms with E-state index in [0.29, 0.717) is 17.5 Å². The number of hydrogen-bond acceptors (Lipinski definition) is 4. The van der Waals surface area contributed by atoms with Gasteiger partial charge in [0.25, 0.3) is 0 Å². The van der Waals surface area contributed by atoms with Crippen LogP contribution in [0, 0.1) is 0 Å². The second kappa shape index (κ2) is 16.6. The third kappa shape index (κ3) is 6.96. The van der Waals surface area contributed by atoms with Crippen molar-refractivity contribution in [1.82, 2.24) is 19.5 Å². The molecule has 0 saturated heterocycles. The molecule has 0 bridgehead atoms. The van der Waals surface area contributed by atoms with Crippen LogP contribution in [0.4, 0.5) is 0 Å². The molecule has 10 aromatic carbocycles. The van der Waals surface area contributed by atoms with Crippen molar-refractivity contribution in [3.05, 3.63) is 243 Å². The Kier molecular flexibility index (Phi) is 9.66. The third-order valence-corrected chi connectivity index (χ3v) is 14.2. The van der Waals surface area contributed by atoms with Gasteiger partial charge in [0.2, 0.25) is 0 Å². The van der Waals surface area contributed by atoms with E-state index in [0.717, 1.165) is 77.9 Å². The molecule has 5 heteroatoms. The van der Waals surface area contributed by atoms with Gasteiger partial charge in [0.1, 0.15) is 0 Å². The molecule has 0 aliphatic carbocycles. The van der Waals surface area contributed by atoms with Crippen molar-refractivity contribution < 1.29 is 0 Å². The zero-order valence-corrected chi connectivity index (χ0v) is 37.6. The SMILES string of the molecule is c1ccc(-c2ccc(-c3nc(-c4ccc(-c5ccccc5)cc4)nc(-c4cc(-c5ccccc5)c(-n5c6ccccc6c6cc7sc8ccccc8c7cc65)c(-c5ccccc5)c4)n3)cc2)cc1. The van der Waals surface area contributed by atoms with Crippen molar-refractivity contribution in [3.63, 3.8) is 0 Å². The molecule has 0 radical (unpaired) electrons. The van der Waals surface area contributed by atoms with E-state index in [2.05, 4.69) is 235 Å². The average molecular weight is 885 g/mol. The van der Waals surface area contributed by atoms with Gasteiger partial charge in [-0.05, 0) is 69.8 Å². The zero-order chi connectivity index (χ0) is 45.0. The Hall–Kier alpha value is -8.77. The van der Waals surface area contributed by atoms with E-state index in [4.69, 9.17) is 15.0 Å². The van der Waals surface area contributed by atoms with Gasteiger partial charge in [0.15, 0.2) is 17.5 Å². The van der Waals surface area contributed by atoms with Gasteiger partial charge in [-0.1, -0.05) is 206 Å². The lowest BCUT2D eigenvalue weighted by atomic mass is 9.92. The number of aromatic nitrogens is 4. The van der Waals surface area contributed by atoms with Gasteiger partial charge in [-0.2, -0.15) is 0 Å². The van der Waals surface area contributed by atoms with E-state index in [-0.39, 0.29) is 0 Å². The maximum Gasteiger partial charge on any atom is 0.164 e. The summed E-state index contributed by atoms with van der Waals surface area (Å²) in [5.74, 6) is 1.81. The highest BCUT2D eigenvalue weighted by Crippen LogP contribution is 2.46. The standard InChI is InChI=1S/C63H40N4S/c1-5-17-41(18-6-1)43-29-33-47(34-30-43)61-64-62(48-35-31-44(32-36-48)42-19-7-2-8-20-42)66-63(65-61)49-37-52(45-21-9-3-10-22-45)60(53(38-49)46-23-11-4-12-24-46)67-56-27-15-13-25-50(56)54-40-59-55(39-57(54)67)51-26-14-16-28-58(51)68-59/h1-40H. The first-order valence-electron chi connectivity index (χ1n) is 22.9. The van der Waals surface area contributed by atoms with Crippen molar-refractivity contribution in [2.75, 3.05) is 0 Å². The molecule has 0 atom stereocenters. The Labute approximate surface area is 397 Å². The Balaban J connectivity index is 1.08. The van der Waals surface area contributed by atoms with Crippen LogP contribution in [0.25, 0.3) is 126 Å². The zero-order valence-electron chi connectivity index (χ0n) is 36.8. The molecule has 13 aromatic rings. The molecule has 0 saturated carbocycles. The first kappa shape index (κ1) is 39.6. The lowest BCUT2D eigenvalue weighted by Crippen LogP contribution is -2.04. The highest BCUT2D eigenvalue weighted by molar-refractivity contribution is 7.25. The van der Waals surface area contributed by atoms with Crippen LogP contribution in [0.2, 0.25) is 0 Å². The fourth-order valence-electron chi connectivity index (χ4n) is 9.76. The minimum atomic E-state index is 0.596. The fraction of sp³-hybridized carbons (Fsp3) is 0. The number of para-hydroxylation sites is 1. The van der Waals surface area contributed by atoms with E-state index in [9.17, 15) is 0 Å². The summed E-state index contributed by atoms with van der Waals surface area (Å²) in [6, 6.07) is 86.5. The van der Waals surface area contributed by atoms with Crippen molar-refractivity contribution in [1.29, 1.82) is 0 Å². The van der Waals surface area contributed by atoms with E-state index in [1.807, 2.05) is 23.5 Å². The van der Waals surface area contributed by atoms with Crippen LogP contribution in [0.1, 0.15) is 0 Å². The van der Waals surface area contributed by atoms with Gasteiger partial charge in [-0.3, -0.25) is 0 Å². The Morgan fingerprint density at radius 3 is 1.21 bits per heavy atom. The average Bonchev–Trinajstić information content (AvgIpc) is 3.95. The third-order valence-electron chi connectivity index (χ3n) is 13.1. The molecule has 0 spiro atoms.